The van der Waals surface area contributed by atoms with Gasteiger partial charge in [-0.2, -0.15) is 0 Å². The third-order valence-electron chi connectivity index (χ3n) is 2.77. The summed E-state index contributed by atoms with van der Waals surface area (Å²) in [4.78, 5) is 11.3. The number of hydrogen-bond donors (Lipinski definition) is 1. The fourth-order valence-electron chi connectivity index (χ4n) is 2.03. The van der Waals surface area contributed by atoms with Crippen molar-refractivity contribution in [1.82, 2.24) is 5.32 Å². The average Bonchev–Trinajstić information content (AvgIpc) is 2.29. The number of fused-ring (bicyclic) bond motifs is 2. The van der Waals surface area contributed by atoms with Crippen molar-refractivity contribution in [1.29, 1.82) is 0 Å². The summed E-state index contributed by atoms with van der Waals surface area (Å²) in [5, 5.41) is 3.31. The highest BCUT2D eigenvalue weighted by Crippen LogP contribution is 2.30. The maximum absolute atomic E-state index is 11.3. The molecule has 0 atom stereocenters. The summed E-state index contributed by atoms with van der Waals surface area (Å²) in [7, 11) is 0. The van der Waals surface area contributed by atoms with Crippen LogP contribution in [0.4, 0.5) is 0 Å². The van der Waals surface area contributed by atoms with Crippen LogP contribution in [0.5, 0.6) is 0 Å². The van der Waals surface area contributed by atoms with Crippen molar-refractivity contribution in [3.8, 4) is 0 Å². The summed E-state index contributed by atoms with van der Waals surface area (Å²) >= 11 is 0. The van der Waals surface area contributed by atoms with Gasteiger partial charge in [-0.1, -0.05) is 24.3 Å². The van der Waals surface area contributed by atoms with Crippen molar-refractivity contribution in [2.75, 3.05) is 0 Å². The summed E-state index contributed by atoms with van der Waals surface area (Å²) in [6.07, 6.45) is 5.15. The Balaban J connectivity index is 2.17. The molecule has 1 aliphatic carbocycles. The molecule has 0 saturated heterocycles. The van der Waals surface area contributed by atoms with E-state index in [4.69, 9.17) is 0 Å². The van der Waals surface area contributed by atoms with E-state index in [2.05, 4.69) is 17.4 Å². The largest absolute Gasteiger partial charge is 0.381 e. The van der Waals surface area contributed by atoms with Gasteiger partial charge in [0, 0.05) is 12.2 Å². The normalized spacial score (nSPS) is 18.3. The lowest BCUT2D eigenvalue weighted by Gasteiger charge is -2.24. The second kappa shape index (κ2) is 3.09. The zero-order valence-corrected chi connectivity index (χ0v) is 8.16. The first kappa shape index (κ1) is 8.48. The van der Waals surface area contributed by atoms with Gasteiger partial charge in [-0.05, 0) is 28.9 Å². The maximum Gasteiger partial charge on any atom is 0.164 e. The summed E-state index contributed by atoms with van der Waals surface area (Å²) < 4.78 is 0. The molecule has 0 amide bonds. The van der Waals surface area contributed by atoms with Gasteiger partial charge in [-0.25, -0.2) is 0 Å². The molecule has 2 heteroatoms. The molecule has 0 unspecified atom stereocenters. The Bertz CT molecular complexity index is 497. The summed E-state index contributed by atoms with van der Waals surface area (Å²) in [6, 6.07) is 8.18. The molecular formula is C13H10NO. The van der Waals surface area contributed by atoms with E-state index < -0.39 is 0 Å². The summed E-state index contributed by atoms with van der Waals surface area (Å²) in [6.45, 7) is 0.835. The smallest absolute Gasteiger partial charge is 0.164 e. The van der Waals surface area contributed by atoms with E-state index in [1.807, 2.05) is 18.2 Å². The molecule has 2 nitrogen and oxygen atoms in total. The monoisotopic (exact) mass is 196 g/mol. The van der Waals surface area contributed by atoms with Gasteiger partial charge >= 0.3 is 0 Å². The van der Waals surface area contributed by atoms with E-state index in [1.165, 1.54) is 11.1 Å². The van der Waals surface area contributed by atoms with E-state index in [0.29, 0.717) is 0 Å². The number of hydrogen-bond acceptors (Lipinski definition) is 2. The van der Waals surface area contributed by atoms with Crippen molar-refractivity contribution < 1.29 is 4.79 Å². The Hall–Kier alpha value is -1.83. The topological polar surface area (TPSA) is 29.1 Å². The Morgan fingerprint density at radius 3 is 2.93 bits per heavy atom. The lowest BCUT2D eigenvalue weighted by Crippen LogP contribution is -2.23. The number of ketones is 1. The fraction of sp³-hybridized carbons (Fsp3) is 0.0769. The predicted molar refractivity (Wildman–Crippen MR) is 58.6 cm³/mol. The molecule has 1 heterocycles. The molecule has 1 aliphatic heterocycles. The van der Waals surface area contributed by atoms with Crippen LogP contribution in [-0.2, 0) is 11.3 Å². The molecule has 1 N–H and O–H groups in total. The van der Waals surface area contributed by atoms with Gasteiger partial charge in [0.15, 0.2) is 5.78 Å². The number of nitrogens with one attached hydrogen (secondary N) is 1. The number of carbonyl (C=O) groups is 1. The van der Waals surface area contributed by atoms with Crippen LogP contribution in [0.3, 0.4) is 0 Å². The number of carbonyl (C=O) groups excluding carboxylic acids is 1. The van der Waals surface area contributed by atoms with Gasteiger partial charge in [0.1, 0.15) is 0 Å². The minimum absolute atomic E-state index is 0.0623. The summed E-state index contributed by atoms with van der Waals surface area (Å²) in [5.74, 6) is 0.0623. The molecule has 73 valence electrons. The molecule has 1 aromatic carbocycles. The van der Waals surface area contributed by atoms with Gasteiger partial charge in [-0.3, -0.25) is 4.79 Å². The van der Waals surface area contributed by atoms with Crippen LogP contribution >= 0.6 is 0 Å². The molecule has 0 fully saturated rings. The minimum Gasteiger partial charge on any atom is -0.381 e. The van der Waals surface area contributed by atoms with Gasteiger partial charge < -0.3 is 5.32 Å². The molecular weight excluding hydrogens is 186 g/mol. The van der Waals surface area contributed by atoms with Gasteiger partial charge in [-0.15, -0.1) is 0 Å². The third-order valence-corrected chi connectivity index (χ3v) is 2.77. The molecule has 0 aromatic heterocycles. The molecule has 2 aliphatic rings. The van der Waals surface area contributed by atoms with Crippen molar-refractivity contribution in [3.05, 3.63) is 59.7 Å². The molecule has 0 bridgehead atoms. The van der Waals surface area contributed by atoms with Crippen molar-refractivity contribution in [3.63, 3.8) is 0 Å². The van der Waals surface area contributed by atoms with Crippen LogP contribution in [0.25, 0.3) is 5.57 Å². The van der Waals surface area contributed by atoms with Crippen LogP contribution in [0.1, 0.15) is 11.1 Å². The SMILES string of the molecule is O=C1[CH]C2=C(C=C1)NCc1ccccc12. The van der Waals surface area contributed by atoms with Gasteiger partial charge in [0.05, 0.1) is 6.42 Å². The van der Waals surface area contributed by atoms with Crippen LogP contribution in [0, 0.1) is 6.42 Å². The fourth-order valence-corrected chi connectivity index (χ4v) is 2.03. The highest BCUT2D eigenvalue weighted by molar-refractivity contribution is 6.10. The molecule has 15 heavy (non-hydrogen) atoms. The first-order chi connectivity index (χ1) is 7.34. The predicted octanol–water partition coefficient (Wildman–Crippen LogP) is 1.84. The first-order valence-corrected chi connectivity index (χ1v) is 4.98. The van der Waals surface area contributed by atoms with Crippen molar-refractivity contribution in [2.24, 2.45) is 0 Å². The Morgan fingerprint density at radius 2 is 2.00 bits per heavy atom. The van der Waals surface area contributed by atoms with E-state index >= 15 is 0 Å². The average molecular weight is 196 g/mol. The Labute approximate surface area is 88.3 Å². The highest BCUT2D eigenvalue weighted by atomic mass is 16.1. The lowest BCUT2D eigenvalue weighted by molar-refractivity contribution is -0.111. The van der Waals surface area contributed by atoms with Crippen molar-refractivity contribution in [2.45, 2.75) is 6.54 Å². The molecule has 1 aromatic rings. The van der Waals surface area contributed by atoms with E-state index in [-0.39, 0.29) is 5.78 Å². The quantitative estimate of drug-likeness (QED) is 0.686. The summed E-state index contributed by atoms with van der Waals surface area (Å²) in [5.41, 5.74) is 4.48. The van der Waals surface area contributed by atoms with Crippen LogP contribution < -0.4 is 5.32 Å². The van der Waals surface area contributed by atoms with E-state index in [9.17, 15) is 4.79 Å². The van der Waals surface area contributed by atoms with Crippen molar-refractivity contribution >= 4 is 11.4 Å². The number of allylic oxidation sites excluding steroid dienone is 3. The molecule has 0 saturated carbocycles. The highest BCUT2D eigenvalue weighted by Gasteiger charge is 2.21. The standard InChI is InChI=1S/C13H10NO/c15-10-5-6-13-12(7-10)11-4-2-1-3-9(11)8-14-13/h1-7,14H,8H2. The van der Waals surface area contributed by atoms with E-state index in [0.717, 1.165) is 17.8 Å². The Morgan fingerprint density at radius 1 is 1.13 bits per heavy atom. The lowest BCUT2D eigenvalue weighted by atomic mass is 9.88. The molecule has 3 rings (SSSR count). The second-order valence-corrected chi connectivity index (χ2v) is 3.72. The van der Waals surface area contributed by atoms with Gasteiger partial charge in [0.2, 0.25) is 0 Å². The van der Waals surface area contributed by atoms with Crippen LogP contribution in [0.15, 0.2) is 42.1 Å². The zero-order chi connectivity index (χ0) is 10.3. The zero-order valence-electron chi connectivity index (χ0n) is 8.16. The number of rotatable bonds is 0. The molecule has 0 spiro atoms. The molecule has 1 radical (unpaired) electrons. The van der Waals surface area contributed by atoms with Crippen LogP contribution in [-0.4, -0.2) is 5.78 Å². The third kappa shape index (κ3) is 1.30. The van der Waals surface area contributed by atoms with Crippen LogP contribution in [0.2, 0.25) is 0 Å². The number of benzene rings is 1. The Kier molecular flexibility index (Phi) is 1.75. The van der Waals surface area contributed by atoms with Gasteiger partial charge in [0.25, 0.3) is 0 Å². The minimum atomic E-state index is 0.0623. The van der Waals surface area contributed by atoms with E-state index in [1.54, 1.807) is 12.5 Å². The second-order valence-electron chi connectivity index (χ2n) is 3.72. The maximum atomic E-state index is 11.3. The first-order valence-electron chi connectivity index (χ1n) is 4.98.